The fraction of sp³-hybridized carbons (Fsp3) is 0.333. The molecule has 1 N–H and O–H groups in total. The molecule has 0 saturated carbocycles. The van der Waals surface area contributed by atoms with Gasteiger partial charge < -0.3 is 19.7 Å². The van der Waals surface area contributed by atoms with Crippen LogP contribution in [0.25, 0.3) is 5.82 Å². The summed E-state index contributed by atoms with van der Waals surface area (Å²) in [6.45, 7) is 1.41. The minimum atomic E-state index is -0.169. The summed E-state index contributed by atoms with van der Waals surface area (Å²) in [5.41, 5.74) is 0.599. The summed E-state index contributed by atoms with van der Waals surface area (Å²) < 4.78 is 12.3. The van der Waals surface area contributed by atoms with Crippen LogP contribution < -0.4 is 19.7 Å². The summed E-state index contributed by atoms with van der Waals surface area (Å²) in [4.78, 5) is 23.8. The standard InChI is InChI=1S/C21H24N6O3/c1-29-16-6-7-18(30-2)17(11-16)25-21(28)15-5-3-9-26(13-15)19-12-20(23-14-22-19)27-10-4-8-24-27/h4,6-8,10-12,14-15H,3,5,9,13H2,1-2H3,(H,25,28). The van der Waals surface area contributed by atoms with Crippen molar-refractivity contribution in [3.8, 4) is 17.3 Å². The van der Waals surface area contributed by atoms with Crippen LogP contribution in [0.2, 0.25) is 0 Å². The lowest BCUT2D eigenvalue weighted by Crippen LogP contribution is -2.41. The first-order chi connectivity index (χ1) is 14.7. The molecule has 30 heavy (non-hydrogen) atoms. The van der Waals surface area contributed by atoms with Gasteiger partial charge in [-0.15, -0.1) is 0 Å². The third-order valence-electron chi connectivity index (χ3n) is 5.16. The molecule has 156 valence electrons. The van der Waals surface area contributed by atoms with Gasteiger partial charge in [-0.05, 0) is 31.0 Å². The molecule has 0 spiro atoms. The number of hydrogen-bond donors (Lipinski definition) is 1. The Labute approximate surface area is 174 Å². The zero-order valence-corrected chi connectivity index (χ0v) is 17.0. The maximum atomic E-state index is 13.0. The lowest BCUT2D eigenvalue weighted by molar-refractivity contribution is -0.120. The van der Waals surface area contributed by atoms with Crippen LogP contribution in [0.1, 0.15) is 12.8 Å². The van der Waals surface area contributed by atoms with E-state index >= 15 is 0 Å². The van der Waals surface area contributed by atoms with E-state index in [0.717, 1.165) is 25.2 Å². The number of amides is 1. The normalized spacial score (nSPS) is 16.2. The van der Waals surface area contributed by atoms with Crippen LogP contribution in [0.5, 0.6) is 11.5 Å². The SMILES string of the molecule is COc1ccc(OC)c(NC(=O)C2CCCN(c3cc(-n4cccn4)ncn3)C2)c1. The number of ether oxygens (including phenoxy) is 2. The third-order valence-corrected chi connectivity index (χ3v) is 5.16. The molecule has 1 amide bonds. The highest BCUT2D eigenvalue weighted by molar-refractivity contribution is 5.94. The highest BCUT2D eigenvalue weighted by Gasteiger charge is 2.27. The van der Waals surface area contributed by atoms with E-state index in [1.165, 1.54) is 6.33 Å². The first-order valence-corrected chi connectivity index (χ1v) is 9.78. The van der Waals surface area contributed by atoms with E-state index in [1.807, 2.05) is 18.3 Å². The van der Waals surface area contributed by atoms with Gasteiger partial charge in [0.1, 0.15) is 23.6 Å². The fourth-order valence-electron chi connectivity index (χ4n) is 3.59. The summed E-state index contributed by atoms with van der Waals surface area (Å²) >= 11 is 0. The van der Waals surface area contributed by atoms with Crippen molar-refractivity contribution in [1.82, 2.24) is 19.7 Å². The molecule has 1 fully saturated rings. The Morgan fingerprint density at radius 3 is 2.80 bits per heavy atom. The number of methoxy groups -OCH3 is 2. The minimum absolute atomic E-state index is 0.0485. The second-order valence-electron chi connectivity index (χ2n) is 7.03. The van der Waals surface area contributed by atoms with Gasteiger partial charge in [-0.25, -0.2) is 14.6 Å². The number of anilines is 2. The van der Waals surface area contributed by atoms with Crippen LogP contribution in [0.4, 0.5) is 11.5 Å². The van der Waals surface area contributed by atoms with Gasteiger partial charge in [-0.3, -0.25) is 4.79 Å². The first kappa shape index (κ1) is 19.7. The average Bonchev–Trinajstić information content (AvgIpc) is 3.34. The Morgan fingerprint density at radius 1 is 1.17 bits per heavy atom. The van der Waals surface area contributed by atoms with Gasteiger partial charge in [-0.2, -0.15) is 5.10 Å². The van der Waals surface area contributed by atoms with E-state index in [0.29, 0.717) is 29.5 Å². The molecule has 4 rings (SSSR count). The predicted octanol–water partition coefficient (Wildman–Crippen LogP) is 2.53. The molecule has 1 saturated heterocycles. The summed E-state index contributed by atoms with van der Waals surface area (Å²) in [7, 11) is 3.16. The third kappa shape index (κ3) is 4.19. The fourth-order valence-corrected chi connectivity index (χ4v) is 3.59. The second kappa shape index (κ2) is 8.81. The predicted molar refractivity (Wildman–Crippen MR) is 112 cm³/mol. The zero-order chi connectivity index (χ0) is 20.9. The van der Waals surface area contributed by atoms with Crippen LogP contribution in [-0.2, 0) is 4.79 Å². The van der Waals surface area contributed by atoms with Crippen molar-refractivity contribution < 1.29 is 14.3 Å². The number of nitrogens with one attached hydrogen (secondary N) is 1. The Morgan fingerprint density at radius 2 is 2.03 bits per heavy atom. The Bertz CT molecular complexity index is 1010. The van der Waals surface area contributed by atoms with Crippen molar-refractivity contribution in [2.45, 2.75) is 12.8 Å². The molecule has 1 aromatic carbocycles. The molecule has 0 radical (unpaired) electrons. The Hall–Kier alpha value is -3.62. The maximum Gasteiger partial charge on any atom is 0.229 e. The maximum absolute atomic E-state index is 13.0. The van der Waals surface area contributed by atoms with E-state index < -0.39 is 0 Å². The van der Waals surface area contributed by atoms with Crippen LogP contribution >= 0.6 is 0 Å². The average molecular weight is 408 g/mol. The minimum Gasteiger partial charge on any atom is -0.497 e. The highest BCUT2D eigenvalue weighted by Crippen LogP contribution is 2.30. The van der Waals surface area contributed by atoms with Crippen LogP contribution in [0.3, 0.4) is 0 Å². The zero-order valence-electron chi connectivity index (χ0n) is 17.0. The molecular formula is C21H24N6O3. The number of hydrogen-bond acceptors (Lipinski definition) is 7. The van der Waals surface area contributed by atoms with Crippen LogP contribution in [0, 0.1) is 5.92 Å². The number of rotatable bonds is 6. The van der Waals surface area contributed by atoms with Crippen molar-refractivity contribution in [2.24, 2.45) is 5.92 Å². The van der Waals surface area contributed by atoms with E-state index in [2.05, 4.69) is 25.3 Å². The number of aromatic nitrogens is 4. The molecule has 0 bridgehead atoms. The van der Waals surface area contributed by atoms with Gasteiger partial charge in [-0.1, -0.05) is 0 Å². The van der Waals surface area contributed by atoms with Gasteiger partial charge >= 0.3 is 0 Å². The molecular weight excluding hydrogens is 384 g/mol. The van der Waals surface area contributed by atoms with Crippen LogP contribution in [-0.4, -0.2) is 53.0 Å². The molecule has 1 aliphatic heterocycles. The van der Waals surface area contributed by atoms with Gasteiger partial charge in [0.05, 0.1) is 25.8 Å². The van der Waals surface area contributed by atoms with Crippen molar-refractivity contribution in [3.63, 3.8) is 0 Å². The highest BCUT2D eigenvalue weighted by atomic mass is 16.5. The molecule has 1 aliphatic rings. The summed E-state index contributed by atoms with van der Waals surface area (Å²) in [5, 5.41) is 7.21. The van der Waals surface area contributed by atoms with Crippen LogP contribution in [0.15, 0.2) is 49.1 Å². The molecule has 0 aliphatic carbocycles. The molecule has 9 nitrogen and oxygen atoms in total. The largest absolute Gasteiger partial charge is 0.497 e. The Balaban J connectivity index is 1.48. The van der Waals surface area contributed by atoms with Gasteiger partial charge in [0.15, 0.2) is 5.82 Å². The topological polar surface area (TPSA) is 94.4 Å². The summed E-state index contributed by atoms with van der Waals surface area (Å²) in [6, 6.07) is 9.06. The number of nitrogens with zero attached hydrogens (tertiary/aromatic N) is 5. The van der Waals surface area contributed by atoms with Crippen molar-refractivity contribution in [1.29, 1.82) is 0 Å². The quantitative estimate of drug-likeness (QED) is 0.670. The van der Waals surface area contributed by atoms with Crippen molar-refractivity contribution in [3.05, 3.63) is 49.1 Å². The van der Waals surface area contributed by atoms with E-state index in [1.54, 1.807) is 43.3 Å². The van der Waals surface area contributed by atoms with Gasteiger partial charge in [0, 0.05) is 37.6 Å². The lowest BCUT2D eigenvalue weighted by Gasteiger charge is -2.33. The number of piperidine rings is 1. The number of benzene rings is 1. The first-order valence-electron chi connectivity index (χ1n) is 9.78. The number of carbonyl (C=O) groups is 1. The smallest absolute Gasteiger partial charge is 0.229 e. The van der Waals surface area contributed by atoms with Gasteiger partial charge in [0.25, 0.3) is 0 Å². The monoisotopic (exact) mass is 408 g/mol. The molecule has 3 aromatic rings. The molecule has 2 aromatic heterocycles. The number of carbonyl (C=O) groups excluding carboxylic acids is 1. The lowest BCUT2D eigenvalue weighted by atomic mass is 9.97. The van der Waals surface area contributed by atoms with Gasteiger partial charge in [0.2, 0.25) is 5.91 Å². The second-order valence-corrected chi connectivity index (χ2v) is 7.03. The molecule has 3 heterocycles. The summed E-state index contributed by atoms with van der Waals surface area (Å²) in [5.74, 6) is 2.51. The van der Waals surface area contributed by atoms with E-state index in [-0.39, 0.29) is 11.8 Å². The molecule has 9 heteroatoms. The van der Waals surface area contributed by atoms with Crippen molar-refractivity contribution in [2.75, 3.05) is 37.5 Å². The molecule has 1 unspecified atom stereocenters. The van der Waals surface area contributed by atoms with E-state index in [4.69, 9.17) is 9.47 Å². The molecule has 1 atom stereocenters. The Kier molecular flexibility index (Phi) is 5.78. The summed E-state index contributed by atoms with van der Waals surface area (Å²) in [6.07, 6.45) is 6.77. The van der Waals surface area contributed by atoms with E-state index in [9.17, 15) is 4.79 Å². The van der Waals surface area contributed by atoms with Crippen molar-refractivity contribution >= 4 is 17.4 Å².